The van der Waals surface area contributed by atoms with Crippen LogP contribution >= 0.6 is 11.6 Å². The van der Waals surface area contributed by atoms with Crippen LogP contribution < -0.4 is 10.6 Å². The molecule has 0 fully saturated rings. The van der Waals surface area contributed by atoms with Gasteiger partial charge in [-0.1, -0.05) is 41.9 Å². The Labute approximate surface area is 146 Å². The molecule has 0 saturated carbocycles. The number of amides is 2. The first-order chi connectivity index (χ1) is 11.6. The van der Waals surface area contributed by atoms with Gasteiger partial charge < -0.3 is 15.4 Å². The summed E-state index contributed by atoms with van der Waals surface area (Å²) in [5.41, 5.74) is 1.41. The fraction of sp³-hybridized carbons (Fsp3) is 0.222. The number of anilines is 1. The van der Waals surface area contributed by atoms with Gasteiger partial charge in [0.15, 0.2) is 0 Å². The lowest BCUT2D eigenvalue weighted by Gasteiger charge is -2.17. The van der Waals surface area contributed by atoms with Crippen molar-refractivity contribution in [1.82, 2.24) is 5.32 Å². The summed E-state index contributed by atoms with van der Waals surface area (Å²) in [6.07, 6.45) is 0. The van der Waals surface area contributed by atoms with E-state index in [0.29, 0.717) is 17.3 Å². The molecule has 0 aliphatic carbocycles. The third-order valence-corrected chi connectivity index (χ3v) is 3.59. The van der Waals surface area contributed by atoms with E-state index < -0.39 is 11.9 Å². The van der Waals surface area contributed by atoms with Crippen molar-refractivity contribution in [2.75, 3.05) is 18.5 Å². The lowest BCUT2D eigenvalue weighted by molar-refractivity contribution is -0.144. The van der Waals surface area contributed by atoms with Crippen LogP contribution in [-0.4, -0.2) is 25.2 Å². The monoisotopic (exact) mass is 346 g/mol. The van der Waals surface area contributed by atoms with Gasteiger partial charge in [-0.15, -0.1) is 0 Å². The summed E-state index contributed by atoms with van der Waals surface area (Å²) in [7, 11) is 0. The summed E-state index contributed by atoms with van der Waals surface area (Å²) in [6.45, 7) is 2.18. The molecular formula is C18H19ClN2O3. The molecule has 2 N–H and O–H groups in total. The Kier molecular flexibility index (Phi) is 6.63. The van der Waals surface area contributed by atoms with E-state index in [1.54, 1.807) is 31.2 Å². The van der Waals surface area contributed by atoms with Gasteiger partial charge in [0.05, 0.1) is 12.5 Å². The predicted octanol–water partition coefficient (Wildman–Crippen LogP) is 3.81. The third kappa shape index (κ3) is 5.28. The quantitative estimate of drug-likeness (QED) is 0.781. The van der Waals surface area contributed by atoms with E-state index in [-0.39, 0.29) is 12.5 Å². The number of benzene rings is 2. The molecule has 0 bridgehead atoms. The lowest BCUT2D eigenvalue weighted by atomic mass is 9.99. The van der Waals surface area contributed by atoms with Gasteiger partial charge in [0.2, 0.25) is 0 Å². The molecule has 0 aromatic heterocycles. The van der Waals surface area contributed by atoms with Crippen LogP contribution in [0.5, 0.6) is 0 Å². The molecule has 0 radical (unpaired) electrons. The molecular weight excluding hydrogens is 328 g/mol. The van der Waals surface area contributed by atoms with Crippen molar-refractivity contribution in [2.45, 2.75) is 12.8 Å². The Morgan fingerprint density at radius 2 is 1.75 bits per heavy atom. The molecule has 24 heavy (non-hydrogen) atoms. The van der Waals surface area contributed by atoms with Crippen LogP contribution in [0, 0.1) is 0 Å². The van der Waals surface area contributed by atoms with E-state index in [0.717, 1.165) is 5.56 Å². The molecule has 1 atom stereocenters. The SMILES string of the molecule is CCOC(=O)C(CNC(=O)Nc1ccc(Cl)cc1)c1ccccc1. The Morgan fingerprint density at radius 1 is 1.08 bits per heavy atom. The third-order valence-electron chi connectivity index (χ3n) is 3.34. The topological polar surface area (TPSA) is 67.4 Å². The van der Waals surface area contributed by atoms with Gasteiger partial charge in [-0.2, -0.15) is 0 Å². The number of halogens is 1. The molecule has 5 nitrogen and oxygen atoms in total. The zero-order valence-electron chi connectivity index (χ0n) is 13.3. The van der Waals surface area contributed by atoms with Crippen LogP contribution in [0.3, 0.4) is 0 Å². The second kappa shape index (κ2) is 8.93. The molecule has 0 saturated heterocycles. The van der Waals surface area contributed by atoms with Gasteiger partial charge in [-0.25, -0.2) is 4.79 Å². The average molecular weight is 347 g/mol. The number of carbonyl (C=O) groups excluding carboxylic acids is 2. The van der Waals surface area contributed by atoms with Crippen LogP contribution in [0.1, 0.15) is 18.4 Å². The normalized spacial score (nSPS) is 11.4. The molecule has 6 heteroatoms. The number of hydrogen-bond donors (Lipinski definition) is 2. The van der Waals surface area contributed by atoms with Gasteiger partial charge in [0.25, 0.3) is 0 Å². The fourth-order valence-corrected chi connectivity index (χ4v) is 2.29. The number of rotatable bonds is 6. The zero-order valence-corrected chi connectivity index (χ0v) is 14.0. The van der Waals surface area contributed by atoms with E-state index >= 15 is 0 Å². The molecule has 2 rings (SSSR count). The molecule has 0 aliphatic heterocycles. The van der Waals surface area contributed by atoms with Crippen LogP contribution in [0.25, 0.3) is 0 Å². The van der Waals surface area contributed by atoms with E-state index in [4.69, 9.17) is 16.3 Å². The summed E-state index contributed by atoms with van der Waals surface area (Å²) >= 11 is 5.80. The number of urea groups is 1. The van der Waals surface area contributed by atoms with Crippen molar-refractivity contribution in [1.29, 1.82) is 0 Å². The van der Waals surface area contributed by atoms with Crippen molar-refractivity contribution >= 4 is 29.3 Å². The molecule has 0 aliphatic rings. The first-order valence-corrected chi connectivity index (χ1v) is 8.00. The molecule has 126 valence electrons. The summed E-state index contributed by atoms with van der Waals surface area (Å²) in [5, 5.41) is 5.98. The largest absolute Gasteiger partial charge is 0.465 e. The van der Waals surface area contributed by atoms with Gasteiger partial charge in [-0.05, 0) is 36.8 Å². The molecule has 2 aromatic carbocycles. The van der Waals surface area contributed by atoms with Crippen LogP contribution in [0.2, 0.25) is 5.02 Å². The first-order valence-electron chi connectivity index (χ1n) is 7.62. The van der Waals surface area contributed by atoms with Gasteiger partial charge in [-0.3, -0.25) is 4.79 Å². The second-order valence-electron chi connectivity index (χ2n) is 5.06. The Bertz CT molecular complexity index is 674. The summed E-state index contributed by atoms with van der Waals surface area (Å²) in [6, 6.07) is 15.6. The molecule has 2 amide bonds. The highest BCUT2D eigenvalue weighted by molar-refractivity contribution is 6.30. The van der Waals surface area contributed by atoms with Crippen LogP contribution in [0.15, 0.2) is 54.6 Å². The molecule has 0 spiro atoms. The standard InChI is InChI=1S/C18H19ClN2O3/c1-2-24-17(22)16(13-6-4-3-5-7-13)12-20-18(23)21-15-10-8-14(19)9-11-15/h3-11,16H,2,12H2,1H3,(H2,20,21,23). The highest BCUT2D eigenvalue weighted by atomic mass is 35.5. The number of nitrogens with one attached hydrogen (secondary N) is 2. The lowest BCUT2D eigenvalue weighted by Crippen LogP contribution is -2.35. The van der Waals surface area contributed by atoms with Crippen molar-refractivity contribution in [3.8, 4) is 0 Å². The predicted molar refractivity (Wildman–Crippen MR) is 94.3 cm³/mol. The highest BCUT2D eigenvalue weighted by Crippen LogP contribution is 2.17. The smallest absolute Gasteiger partial charge is 0.319 e. The van der Waals surface area contributed by atoms with E-state index in [1.165, 1.54) is 0 Å². The molecule has 2 aromatic rings. The minimum atomic E-state index is -0.554. The zero-order chi connectivity index (χ0) is 17.4. The van der Waals surface area contributed by atoms with Gasteiger partial charge >= 0.3 is 12.0 Å². The maximum atomic E-state index is 12.1. The first kappa shape index (κ1) is 17.8. The van der Waals surface area contributed by atoms with Gasteiger partial charge in [0, 0.05) is 17.3 Å². The van der Waals surface area contributed by atoms with Crippen LogP contribution in [-0.2, 0) is 9.53 Å². The van der Waals surface area contributed by atoms with E-state index in [9.17, 15) is 9.59 Å². The molecule has 0 heterocycles. The fourth-order valence-electron chi connectivity index (χ4n) is 2.17. The van der Waals surface area contributed by atoms with Crippen molar-refractivity contribution in [3.63, 3.8) is 0 Å². The van der Waals surface area contributed by atoms with E-state index in [1.807, 2.05) is 30.3 Å². The number of esters is 1. The number of hydrogen-bond acceptors (Lipinski definition) is 3. The minimum absolute atomic E-state index is 0.141. The minimum Gasteiger partial charge on any atom is -0.465 e. The summed E-state index contributed by atoms with van der Waals surface area (Å²) in [4.78, 5) is 24.1. The molecule has 1 unspecified atom stereocenters. The highest BCUT2D eigenvalue weighted by Gasteiger charge is 2.22. The second-order valence-corrected chi connectivity index (χ2v) is 5.49. The van der Waals surface area contributed by atoms with E-state index in [2.05, 4.69) is 10.6 Å². The summed E-state index contributed by atoms with van der Waals surface area (Å²) < 4.78 is 5.10. The maximum Gasteiger partial charge on any atom is 0.319 e. The van der Waals surface area contributed by atoms with Gasteiger partial charge in [0.1, 0.15) is 0 Å². The Morgan fingerprint density at radius 3 is 2.38 bits per heavy atom. The van der Waals surface area contributed by atoms with Crippen LogP contribution in [0.4, 0.5) is 10.5 Å². The Balaban J connectivity index is 1.98. The van der Waals surface area contributed by atoms with Crippen molar-refractivity contribution in [2.24, 2.45) is 0 Å². The number of carbonyl (C=O) groups is 2. The summed E-state index contributed by atoms with van der Waals surface area (Å²) in [5.74, 6) is -0.919. The Hall–Kier alpha value is -2.53. The van der Waals surface area contributed by atoms with Crippen molar-refractivity contribution < 1.29 is 14.3 Å². The number of ether oxygens (including phenoxy) is 1. The average Bonchev–Trinajstić information content (AvgIpc) is 2.58. The maximum absolute atomic E-state index is 12.1. The van der Waals surface area contributed by atoms with Crippen molar-refractivity contribution in [3.05, 3.63) is 65.2 Å².